The Bertz CT molecular complexity index is 1160. The molecule has 1 amide bonds. The van der Waals surface area contributed by atoms with Gasteiger partial charge in [-0.1, -0.05) is 6.07 Å². The number of carbonyl (C=O) groups is 1. The molecule has 1 aliphatic heterocycles. The van der Waals surface area contributed by atoms with Crippen molar-refractivity contribution in [3.8, 4) is 11.9 Å². The van der Waals surface area contributed by atoms with Crippen LogP contribution in [0.1, 0.15) is 15.9 Å². The Hall–Kier alpha value is -4.30. The third-order valence-electron chi connectivity index (χ3n) is 4.77. The number of hydrogen-bond donors (Lipinski definition) is 1. The molecule has 3 aromatic rings. The molecule has 31 heavy (non-hydrogen) atoms. The first-order valence-electron chi connectivity index (χ1n) is 9.40. The molecule has 0 spiro atoms. The molecule has 2 aromatic heterocycles. The van der Waals surface area contributed by atoms with Crippen LogP contribution in [0, 0.1) is 21.4 Å². The van der Waals surface area contributed by atoms with Crippen LogP contribution in [-0.2, 0) is 4.74 Å². The lowest BCUT2D eigenvalue weighted by Crippen LogP contribution is -2.36. The van der Waals surface area contributed by atoms with Crippen molar-refractivity contribution in [2.45, 2.75) is 0 Å². The zero-order valence-corrected chi connectivity index (χ0v) is 16.3. The molecule has 0 aliphatic carbocycles. The highest BCUT2D eigenvalue weighted by Crippen LogP contribution is 2.30. The van der Waals surface area contributed by atoms with Crippen molar-refractivity contribution in [3.63, 3.8) is 0 Å². The molecule has 11 nitrogen and oxygen atoms in total. The van der Waals surface area contributed by atoms with E-state index in [1.807, 2.05) is 11.0 Å². The number of aromatic nitrogens is 3. The van der Waals surface area contributed by atoms with E-state index >= 15 is 0 Å². The quantitative estimate of drug-likeness (QED) is 0.490. The summed E-state index contributed by atoms with van der Waals surface area (Å²) in [5.74, 6) is -0.0649. The Morgan fingerprint density at radius 2 is 2.06 bits per heavy atom. The molecule has 0 atom stereocenters. The molecule has 1 aliphatic rings. The van der Waals surface area contributed by atoms with Gasteiger partial charge in [0.2, 0.25) is 0 Å². The predicted octanol–water partition coefficient (Wildman–Crippen LogP) is 2.14. The second kappa shape index (κ2) is 8.60. The largest absolute Gasteiger partial charge is 0.378 e. The summed E-state index contributed by atoms with van der Waals surface area (Å²) in [6.45, 7) is 2.02. The normalized spacial score (nSPS) is 13.5. The van der Waals surface area contributed by atoms with Gasteiger partial charge in [-0.2, -0.15) is 15.0 Å². The van der Waals surface area contributed by atoms with Crippen LogP contribution in [0.5, 0.6) is 0 Å². The minimum atomic E-state index is -0.606. The van der Waals surface area contributed by atoms with E-state index in [1.54, 1.807) is 30.5 Å². The van der Waals surface area contributed by atoms with Crippen LogP contribution in [0.25, 0.3) is 5.82 Å². The number of benzene rings is 1. The van der Waals surface area contributed by atoms with Gasteiger partial charge in [-0.15, -0.1) is 0 Å². The van der Waals surface area contributed by atoms with Gasteiger partial charge in [0.05, 0.1) is 24.3 Å². The number of carbonyl (C=O) groups excluding carboxylic acids is 1. The van der Waals surface area contributed by atoms with E-state index in [1.165, 1.54) is 23.0 Å². The molecular formula is C20H17N7O4. The van der Waals surface area contributed by atoms with E-state index in [-0.39, 0.29) is 22.6 Å². The summed E-state index contributed by atoms with van der Waals surface area (Å²) in [6.07, 6.45) is 2.87. The Labute approximate surface area is 176 Å². The average molecular weight is 419 g/mol. The summed E-state index contributed by atoms with van der Waals surface area (Å²) >= 11 is 0. The zero-order chi connectivity index (χ0) is 21.8. The maximum Gasteiger partial charge on any atom is 0.293 e. The topological polar surface area (TPSA) is 139 Å². The van der Waals surface area contributed by atoms with E-state index in [4.69, 9.17) is 4.74 Å². The molecule has 1 aromatic carbocycles. The van der Waals surface area contributed by atoms with E-state index in [9.17, 15) is 20.2 Å². The summed E-state index contributed by atoms with van der Waals surface area (Å²) in [5, 5.41) is 27.8. The first kappa shape index (κ1) is 20.0. The molecule has 4 rings (SSSR count). The number of anilines is 2. The summed E-state index contributed by atoms with van der Waals surface area (Å²) in [7, 11) is 0. The summed E-state index contributed by atoms with van der Waals surface area (Å²) in [6, 6.07) is 11.4. The van der Waals surface area contributed by atoms with Gasteiger partial charge in [-0.3, -0.25) is 14.9 Å². The van der Waals surface area contributed by atoms with E-state index in [0.717, 1.165) is 0 Å². The van der Waals surface area contributed by atoms with Crippen molar-refractivity contribution in [3.05, 3.63) is 70.0 Å². The number of hydrogen-bond acceptors (Lipinski definition) is 8. The first-order chi connectivity index (χ1) is 15.1. The molecule has 0 unspecified atom stereocenters. The summed E-state index contributed by atoms with van der Waals surface area (Å²) in [4.78, 5) is 30.0. The molecule has 0 radical (unpaired) electrons. The van der Waals surface area contributed by atoms with E-state index in [2.05, 4.69) is 15.4 Å². The standard InChI is InChI=1S/C20H17N7O4/c21-12-15-13-23-26(18-3-1-2-6-22-18)19(15)24-20(28)14-4-5-16(17(11-14)27(29)30)25-7-9-31-10-8-25/h1-6,11,13H,7-10H2,(H,24,28). The highest BCUT2D eigenvalue weighted by Gasteiger charge is 2.24. The van der Waals surface area contributed by atoms with Gasteiger partial charge in [0.25, 0.3) is 11.6 Å². The number of amides is 1. The molecule has 0 bridgehead atoms. The fourth-order valence-electron chi connectivity index (χ4n) is 3.27. The van der Waals surface area contributed by atoms with Crippen LogP contribution in [0.2, 0.25) is 0 Å². The first-order valence-corrected chi connectivity index (χ1v) is 9.40. The number of nitrogens with one attached hydrogen (secondary N) is 1. The number of nitro benzene ring substituents is 1. The molecule has 156 valence electrons. The molecule has 1 fully saturated rings. The molecule has 1 saturated heterocycles. The maximum atomic E-state index is 12.9. The third-order valence-corrected chi connectivity index (χ3v) is 4.77. The smallest absolute Gasteiger partial charge is 0.293 e. The Kier molecular flexibility index (Phi) is 5.55. The lowest BCUT2D eigenvalue weighted by Gasteiger charge is -2.28. The number of pyridine rings is 1. The van der Waals surface area contributed by atoms with Crippen molar-refractivity contribution in [1.82, 2.24) is 14.8 Å². The summed E-state index contributed by atoms with van der Waals surface area (Å²) < 4.78 is 6.62. The number of ether oxygens (including phenoxy) is 1. The lowest BCUT2D eigenvalue weighted by molar-refractivity contribution is -0.384. The van der Waals surface area contributed by atoms with Crippen LogP contribution in [0.4, 0.5) is 17.2 Å². The zero-order valence-electron chi connectivity index (χ0n) is 16.3. The van der Waals surface area contributed by atoms with Gasteiger partial charge in [0.1, 0.15) is 17.3 Å². The van der Waals surface area contributed by atoms with Crippen molar-refractivity contribution >= 4 is 23.1 Å². The van der Waals surface area contributed by atoms with Gasteiger partial charge >= 0.3 is 0 Å². The number of morpholine rings is 1. The van der Waals surface area contributed by atoms with Crippen LogP contribution in [0.3, 0.4) is 0 Å². The third kappa shape index (κ3) is 4.05. The van der Waals surface area contributed by atoms with E-state index < -0.39 is 10.8 Å². The molecular weight excluding hydrogens is 402 g/mol. The van der Waals surface area contributed by atoms with Crippen LogP contribution >= 0.6 is 0 Å². The molecule has 3 heterocycles. The fourth-order valence-corrected chi connectivity index (χ4v) is 3.27. The number of nitrogens with zero attached hydrogens (tertiary/aromatic N) is 6. The van der Waals surface area contributed by atoms with Crippen molar-refractivity contribution in [2.24, 2.45) is 0 Å². The molecule has 0 saturated carbocycles. The minimum absolute atomic E-state index is 0.0846. The van der Waals surface area contributed by atoms with Crippen molar-refractivity contribution in [2.75, 3.05) is 36.5 Å². The monoisotopic (exact) mass is 419 g/mol. The van der Waals surface area contributed by atoms with Crippen LogP contribution < -0.4 is 10.2 Å². The highest BCUT2D eigenvalue weighted by molar-refractivity contribution is 6.05. The van der Waals surface area contributed by atoms with Gasteiger partial charge in [-0.25, -0.2) is 4.98 Å². The van der Waals surface area contributed by atoms with E-state index in [0.29, 0.717) is 37.8 Å². The number of rotatable bonds is 5. The number of nitriles is 1. The fraction of sp³-hybridized carbons (Fsp3) is 0.200. The Morgan fingerprint density at radius 3 is 2.74 bits per heavy atom. The SMILES string of the molecule is N#Cc1cnn(-c2ccccn2)c1NC(=O)c1ccc(N2CCOCC2)c([N+](=O)[O-])c1. The molecule has 1 N–H and O–H groups in total. The molecule has 11 heteroatoms. The van der Waals surface area contributed by atoms with Crippen molar-refractivity contribution in [1.29, 1.82) is 5.26 Å². The summed E-state index contributed by atoms with van der Waals surface area (Å²) in [5.41, 5.74) is 0.481. The van der Waals surface area contributed by atoms with Crippen LogP contribution in [-0.4, -0.2) is 51.9 Å². The van der Waals surface area contributed by atoms with Gasteiger partial charge in [0.15, 0.2) is 11.6 Å². The Morgan fingerprint density at radius 1 is 1.26 bits per heavy atom. The van der Waals surface area contributed by atoms with Gasteiger partial charge < -0.3 is 15.0 Å². The highest BCUT2D eigenvalue weighted by atomic mass is 16.6. The van der Waals surface area contributed by atoms with Gasteiger partial charge in [0, 0.05) is 30.9 Å². The van der Waals surface area contributed by atoms with Crippen LogP contribution in [0.15, 0.2) is 48.8 Å². The predicted molar refractivity (Wildman–Crippen MR) is 110 cm³/mol. The van der Waals surface area contributed by atoms with Crippen molar-refractivity contribution < 1.29 is 14.5 Å². The maximum absolute atomic E-state index is 12.9. The average Bonchev–Trinajstić information content (AvgIpc) is 3.22. The van der Waals surface area contributed by atoms with Gasteiger partial charge in [-0.05, 0) is 24.3 Å². The second-order valence-electron chi connectivity index (χ2n) is 6.63. The minimum Gasteiger partial charge on any atom is -0.378 e. The second-order valence-corrected chi connectivity index (χ2v) is 6.63. The lowest BCUT2D eigenvalue weighted by atomic mass is 10.1. The number of nitro groups is 1. The Balaban J connectivity index is 1.65.